The second-order valence-electron chi connectivity index (χ2n) is 4.17. The van der Waals surface area contributed by atoms with Crippen LogP contribution in [0.2, 0.25) is 0 Å². The predicted octanol–water partition coefficient (Wildman–Crippen LogP) is 2.61. The first-order chi connectivity index (χ1) is 8.28. The number of hydrogen-bond acceptors (Lipinski definition) is 4. The maximum atomic E-state index is 11.0. The molecule has 0 radical (unpaired) electrons. The third-order valence-electron chi connectivity index (χ3n) is 2.90. The van der Waals surface area contributed by atoms with Gasteiger partial charge in [-0.2, -0.15) is 0 Å². The topological polar surface area (TPSA) is 63.2 Å². The van der Waals surface area contributed by atoms with Gasteiger partial charge >= 0.3 is 6.09 Å². The summed E-state index contributed by atoms with van der Waals surface area (Å²) in [6, 6.07) is 4.21. The maximum Gasteiger partial charge on any atom is 0.411 e. The molecule has 1 saturated carbocycles. The van der Waals surface area contributed by atoms with Gasteiger partial charge in [-0.25, -0.2) is 9.78 Å². The smallest absolute Gasteiger partial charge is 0.411 e. The number of nitrogens with zero attached hydrogens (tertiary/aromatic N) is 1. The lowest BCUT2D eigenvalue weighted by Crippen LogP contribution is -2.16. The van der Waals surface area contributed by atoms with Crippen LogP contribution in [0, 0.1) is 0 Å². The highest BCUT2D eigenvalue weighted by molar-refractivity contribution is 5.84. The molecule has 0 saturated heterocycles. The molecule has 0 spiro atoms. The Kier molecular flexibility index (Phi) is 3.80. The van der Waals surface area contributed by atoms with E-state index in [1.54, 1.807) is 12.3 Å². The molecule has 1 aliphatic carbocycles. The van der Waals surface area contributed by atoms with Gasteiger partial charge in [-0.05, 0) is 25.0 Å². The Balaban J connectivity index is 1.90. The highest BCUT2D eigenvalue weighted by Gasteiger charge is 2.14. The van der Waals surface area contributed by atoms with E-state index in [-0.39, 0.29) is 0 Å². The molecule has 5 heteroatoms. The summed E-state index contributed by atoms with van der Waals surface area (Å²) in [5, 5.41) is 5.94. The second-order valence-corrected chi connectivity index (χ2v) is 4.17. The molecule has 0 unspecified atom stereocenters. The first-order valence-electron chi connectivity index (χ1n) is 5.85. The van der Waals surface area contributed by atoms with Crippen LogP contribution >= 0.6 is 0 Å². The molecule has 92 valence electrons. The quantitative estimate of drug-likeness (QED) is 0.845. The van der Waals surface area contributed by atoms with Crippen molar-refractivity contribution in [1.29, 1.82) is 0 Å². The van der Waals surface area contributed by atoms with Gasteiger partial charge in [0.25, 0.3) is 0 Å². The molecule has 1 aliphatic rings. The van der Waals surface area contributed by atoms with Gasteiger partial charge in [0.1, 0.15) is 5.82 Å². The number of aromatic nitrogens is 1. The van der Waals surface area contributed by atoms with Crippen LogP contribution < -0.4 is 10.6 Å². The molecule has 1 aromatic heterocycles. The van der Waals surface area contributed by atoms with Gasteiger partial charge in [-0.15, -0.1) is 0 Å². The van der Waals surface area contributed by atoms with Crippen LogP contribution in [0.4, 0.5) is 16.3 Å². The predicted molar refractivity (Wildman–Crippen MR) is 66.1 cm³/mol. The van der Waals surface area contributed by atoms with E-state index < -0.39 is 6.09 Å². The SMILES string of the molecule is COC(=O)Nc1ccc(NC2CCCC2)nc1. The van der Waals surface area contributed by atoms with Crippen LogP contribution in [0.1, 0.15) is 25.7 Å². The summed E-state index contributed by atoms with van der Waals surface area (Å²) in [7, 11) is 1.33. The summed E-state index contributed by atoms with van der Waals surface area (Å²) in [5.74, 6) is 0.854. The van der Waals surface area contributed by atoms with Crippen LogP contribution in [-0.4, -0.2) is 24.2 Å². The Labute approximate surface area is 101 Å². The van der Waals surface area contributed by atoms with Crippen molar-refractivity contribution in [2.45, 2.75) is 31.7 Å². The van der Waals surface area contributed by atoms with Crippen LogP contribution in [-0.2, 0) is 4.74 Å². The molecule has 0 aromatic carbocycles. The summed E-state index contributed by atoms with van der Waals surface area (Å²) < 4.78 is 4.50. The van der Waals surface area contributed by atoms with Gasteiger partial charge in [0.05, 0.1) is 19.0 Å². The third-order valence-corrected chi connectivity index (χ3v) is 2.90. The van der Waals surface area contributed by atoms with Crippen LogP contribution in [0.5, 0.6) is 0 Å². The van der Waals surface area contributed by atoms with Gasteiger partial charge in [0.2, 0.25) is 0 Å². The molecule has 2 N–H and O–H groups in total. The van der Waals surface area contributed by atoms with E-state index >= 15 is 0 Å². The van der Waals surface area contributed by atoms with E-state index in [1.807, 2.05) is 6.07 Å². The molecular formula is C12H17N3O2. The fourth-order valence-corrected chi connectivity index (χ4v) is 2.00. The van der Waals surface area contributed by atoms with E-state index in [2.05, 4.69) is 20.4 Å². The van der Waals surface area contributed by atoms with E-state index in [4.69, 9.17) is 0 Å². The molecule has 1 fully saturated rings. The number of methoxy groups -OCH3 is 1. The number of anilines is 2. The molecule has 1 amide bonds. The number of carbonyl (C=O) groups excluding carboxylic acids is 1. The van der Waals surface area contributed by atoms with E-state index in [0.29, 0.717) is 11.7 Å². The van der Waals surface area contributed by atoms with Gasteiger partial charge in [0.15, 0.2) is 0 Å². The minimum atomic E-state index is -0.483. The average Bonchev–Trinajstić information content (AvgIpc) is 2.84. The number of carbonyl (C=O) groups is 1. The summed E-state index contributed by atoms with van der Waals surface area (Å²) in [4.78, 5) is 15.2. The van der Waals surface area contributed by atoms with Gasteiger partial charge in [0, 0.05) is 6.04 Å². The number of hydrogen-bond donors (Lipinski definition) is 2. The fraction of sp³-hybridized carbons (Fsp3) is 0.500. The van der Waals surface area contributed by atoms with Crippen LogP contribution in [0.25, 0.3) is 0 Å². The molecule has 1 heterocycles. The Hall–Kier alpha value is -1.78. The van der Waals surface area contributed by atoms with E-state index in [1.165, 1.54) is 32.8 Å². The zero-order valence-electron chi connectivity index (χ0n) is 9.90. The second kappa shape index (κ2) is 5.52. The normalized spacial score (nSPS) is 15.6. The molecule has 0 bridgehead atoms. The maximum absolute atomic E-state index is 11.0. The Morgan fingerprint density at radius 1 is 1.41 bits per heavy atom. The van der Waals surface area contributed by atoms with Gasteiger partial charge in [-0.1, -0.05) is 12.8 Å². The lowest BCUT2D eigenvalue weighted by atomic mass is 10.2. The Bertz CT molecular complexity index is 372. The number of ether oxygens (including phenoxy) is 1. The number of amides is 1. The highest BCUT2D eigenvalue weighted by atomic mass is 16.5. The Morgan fingerprint density at radius 3 is 2.76 bits per heavy atom. The number of pyridine rings is 1. The van der Waals surface area contributed by atoms with Crippen molar-refractivity contribution < 1.29 is 9.53 Å². The summed E-state index contributed by atoms with van der Waals surface area (Å²) >= 11 is 0. The molecule has 2 rings (SSSR count). The number of rotatable bonds is 3. The molecule has 0 atom stereocenters. The monoisotopic (exact) mass is 235 g/mol. The van der Waals surface area contributed by atoms with Crippen molar-refractivity contribution in [3.05, 3.63) is 18.3 Å². The minimum absolute atomic E-state index is 0.483. The van der Waals surface area contributed by atoms with Crippen molar-refractivity contribution in [1.82, 2.24) is 4.98 Å². The van der Waals surface area contributed by atoms with Crippen LogP contribution in [0.15, 0.2) is 18.3 Å². The van der Waals surface area contributed by atoms with E-state index in [9.17, 15) is 4.79 Å². The minimum Gasteiger partial charge on any atom is -0.453 e. The summed E-state index contributed by atoms with van der Waals surface area (Å²) in [5.41, 5.74) is 0.633. The first kappa shape index (κ1) is 11.7. The van der Waals surface area contributed by atoms with Crippen molar-refractivity contribution in [2.75, 3.05) is 17.7 Å². The molecule has 17 heavy (non-hydrogen) atoms. The van der Waals surface area contributed by atoms with Crippen molar-refractivity contribution in [3.63, 3.8) is 0 Å². The Morgan fingerprint density at radius 2 is 2.18 bits per heavy atom. The molecule has 5 nitrogen and oxygen atoms in total. The first-order valence-corrected chi connectivity index (χ1v) is 5.85. The van der Waals surface area contributed by atoms with Crippen molar-refractivity contribution >= 4 is 17.6 Å². The zero-order valence-corrected chi connectivity index (χ0v) is 9.90. The fourth-order valence-electron chi connectivity index (χ4n) is 2.00. The summed E-state index contributed by atoms with van der Waals surface area (Å²) in [6.07, 6.45) is 6.14. The van der Waals surface area contributed by atoms with Crippen LogP contribution in [0.3, 0.4) is 0 Å². The largest absolute Gasteiger partial charge is 0.453 e. The third kappa shape index (κ3) is 3.34. The van der Waals surface area contributed by atoms with Gasteiger partial charge in [-0.3, -0.25) is 5.32 Å². The van der Waals surface area contributed by atoms with Crippen molar-refractivity contribution in [2.24, 2.45) is 0 Å². The molecule has 1 aromatic rings. The molecular weight excluding hydrogens is 218 g/mol. The lowest BCUT2D eigenvalue weighted by Gasteiger charge is -2.12. The summed E-state index contributed by atoms with van der Waals surface area (Å²) in [6.45, 7) is 0. The molecule has 0 aliphatic heterocycles. The zero-order chi connectivity index (χ0) is 12.1. The number of nitrogens with one attached hydrogen (secondary N) is 2. The highest BCUT2D eigenvalue weighted by Crippen LogP contribution is 2.21. The average molecular weight is 235 g/mol. The standard InChI is InChI=1S/C12H17N3O2/c1-17-12(16)15-10-6-7-11(13-8-10)14-9-4-2-3-5-9/h6-9H,2-5H2,1H3,(H,13,14)(H,15,16). The van der Waals surface area contributed by atoms with Gasteiger partial charge < -0.3 is 10.1 Å². The van der Waals surface area contributed by atoms with Crippen molar-refractivity contribution in [3.8, 4) is 0 Å². The van der Waals surface area contributed by atoms with E-state index in [0.717, 1.165) is 5.82 Å². The lowest BCUT2D eigenvalue weighted by molar-refractivity contribution is 0.187.